The number of hydrogen-bond acceptors (Lipinski definition) is 5. The Morgan fingerprint density at radius 3 is 2.50 bits per heavy atom. The van der Waals surface area contributed by atoms with Crippen molar-refractivity contribution in [2.45, 2.75) is 12.8 Å². The molecule has 0 atom stereocenters. The Bertz CT molecular complexity index is 1040. The number of halogens is 2. The van der Waals surface area contributed by atoms with Crippen LogP contribution in [0.4, 0.5) is 4.39 Å². The first-order valence-corrected chi connectivity index (χ1v) is 10.5. The van der Waals surface area contributed by atoms with Gasteiger partial charge in [0.1, 0.15) is 18.1 Å². The minimum absolute atomic E-state index is 0.0399. The fraction of sp³-hybridized carbons (Fsp3) is 0.304. The van der Waals surface area contributed by atoms with Crippen molar-refractivity contribution in [3.63, 3.8) is 0 Å². The predicted molar refractivity (Wildman–Crippen MR) is 114 cm³/mol. The Labute approximate surface area is 189 Å². The topological polar surface area (TPSA) is 101 Å². The molecule has 2 aromatic carbocycles. The molecule has 0 spiro atoms. The molecule has 0 bridgehead atoms. The van der Waals surface area contributed by atoms with E-state index in [1.54, 1.807) is 6.07 Å². The van der Waals surface area contributed by atoms with Gasteiger partial charge in [-0.25, -0.2) is 9.18 Å². The first kappa shape index (κ1) is 23.4. The normalized spacial score (nSPS) is 17.8. The number of rotatable bonds is 7. The maximum absolute atomic E-state index is 13.1. The number of nitrogens with zero attached hydrogens (tertiary/aromatic N) is 1. The molecular formula is C23H22ClFN3O4+. The van der Waals surface area contributed by atoms with E-state index >= 15 is 0 Å². The van der Waals surface area contributed by atoms with Gasteiger partial charge in [0.05, 0.1) is 24.7 Å². The van der Waals surface area contributed by atoms with E-state index in [9.17, 15) is 18.8 Å². The zero-order chi connectivity index (χ0) is 23.1. The van der Waals surface area contributed by atoms with Gasteiger partial charge in [0.15, 0.2) is 5.78 Å². The summed E-state index contributed by atoms with van der Waals surface area (Å²) in [7, 11) is 0. The SMILES string of the molecule is N#CCNC(=O)c1cc(Cl)ccc1OCC(=O)[NH+]1CCC(C(=O)c2ccc(F)cc2)CC1. The summed E-state index contributed by atoms with van der Waals surface area (Å²) in [6.07, 6.45) is 1.08. The number of nitriles is 1. The molecule has 166 valence electrons. The lowest BCUT2D eigenvalue weighted by atomic mass is 9.89. The van der Waals surface area contributed by atoms with E-state index in [0.717, 1.165) is 0 Å². The van der Waals surface area contributed by atoms with Gasteiger partial charge in [-0.05, 0) is 42.5 Å². The summed E-state index contributed by atoms with van der Waals surface area (Å²) < 4.78 is 18.7. The Morgan fingerprint density at radius 2 is 1.84 bits per heavy atom. The van der Waals surface area contributed by atoms with Crippen LogP contribution in [-0.2, 0) is 4.79 Å². The van der Waals surface area contributed by atoms with Gasteiger partial charge < -0.3 is 10.1 Å². The first-order valence-electron chi connectivity index (χ1n) is 10.1. The molecule has 0 radical (unpaired) electrons. The molecule has 0 aromatic heterocycles. The molecule has 1 heterocycles. The average Bonchev–Trinajstić information content (AvgIpc) is 2.81. The van der Waals surface area contributed by atoms with E-state index in [0.29, 0.717) is 41.4 Å². The standard InChI is InChI=1S/C23H21ClFN3O4/c24-17-3-6-20(19(13-17)23(31)27-10-9-26)32-14-21(29)28-11-7-16(8-12-28)22(30)15-1-4-18(25)5-2-15/h1-6,13,16H,7-8,10-12,14H2,(H,27,31)/p+1. The zero-order valence-corrected chi connectivity index (χ0v) is 18.0. The lowest BCUT2D eigenvalue weighted by molar-refractivity contribution is -0.827. The highest BCUT2D eigenvalue weighted by Crippen LogP contribution is 2.23. The number of ether oxygens (including phenoxy) is 1. The van der Waals surface area contributed by atoms with Gasteiger partial charge in [0, 0.05) is 29.3 Å². The third kappa shape index (κ3) is 5.90. The average molecular weight is 459 g/mol. The van der Waals surface area contributed by atoms with Crippen LogP contribution in [0.25, 0.3) is 0 Å². The van der Waals surface area contributed by atoms with Crippen LogP contribution in [0.1, 0.15) is 33.6 Å². The highest BCUT2D eigenvalue weighted by Gasteiger charge is 2.32. The molecule has 32 heavy (non-hydrogen) atoms. The van der Waals surface area contributed by atoms with Crippen LogP contribution >= 0.6 is 11.6 Å². The van der Waals surface area contributed by atoms with Gasteiger partial charge in [-0.15, -0.1) is 0 Å². The first-order chi connectivity index (χ1) is 15.4. The molecule has 9 heteroatoms. The molecule has 0 aliphatic carbocycles. The molecule has 7 nitrogen and oxygen atoms in total. The van der Waals surface area contributed by atoms with E-state index in [2.05, 4.69) is 5.32 Å². The van der Waals surface area contributed by atoms with E-state index in [-0.39, 0.29) is 42.1 Å². The molecule has 1 aliphatic rings. The third-order valence-electron chi connectivity index (χ3n) is 5.36. The van der Waals surface area contributed by atoms with Crippen molar-refractivity contribution in [3.8, 4) is 11.8 Å². The number of amides is 2. The van der Waals surface area contributed by atoms with Crippen LogP contribution in [0, 0.1) is 23.1 Å². The maximum Gasteiger partial charge on any atom is 0.349 e. The number of ketones is 1. The second kappa shape index (κ2) is 10.8. The molecular weight excluding hydrogens is 437 g/mol. The molecule has 1 saturated heterocycles. The molecule has 2 N–H and O–H groups in total. The lowest BCUT2D eigenvalue weighted by Gasteiger charge is -2.27. The van der Waals surface area contributed by atoms with Crippen LogP contribution in [0.2, 0.25) is 5.02 Å². The quantitative estimate of drug-likeness (QED) is 0.487. The summed E-state index contributed by atoms with van der Waals surface area (Å²) in [5.41, 5.74) is 0.610. The molecule has 2 amide bonds. The monoisotopic (exact) mass is 458 g/mol. The van der Waals surface area contributed by atoms with Gasteiger partial charge in [-0.1, -0.05) is 11.6 Å². The van der Waals surface area contributed by atoms with Crippen molar-refractivity contribution in [2.24, 2.45) is 5.92 Å². The zero-order valence-electron chi connectivity index (χ0n) is 17.2. The van der Waals surface area contributed by atoms with Gasteiger partial charge >= 0.3 is 5.91 Å². The minimum atomic E-state index is -0.524. The smallest absolute Gasteiger partial charge is 0.349 e. The highest BCUT2D eigenvalue weighted by molar-refractivity contribution is 6.31. The van der Waals surface area contributed by atoms with Crippen molar-refractivity contribution in [2.75, 3.05) is 26.2 Å². The molecule has 1 aliphatic heterocycles. The van der Waals surface area contributed by atoms with E-state index in [1.165, 1.54) is 36.4 Å². The number of quaternary nitrogens is 1. The maximum atomic E-state index is 13.1. The summed E-state index contributed by atoms with van der Waals surface area (Å²) in [4.78, 5) is 38.1. The van der Waals surface area contributed by atoms with Crippen molar-refractivity contribution in [1.29, 1.82) is 5.26 Å². The number of Topliss-reactive ketones (excluding diaryl/α,β-unsaturated/α-hetero) is 1. The van der Waals surface area contributed by atoms with E-state index in [4.69, 9.17) is 21.6 Å². The predicted octanol–water partition coefficient (Wildman–Crippen LogP) is 1.82. The van der Waals surface area contributed by atoms with Crippen LogP contribution in [0.5, 0.6) is 5.75 Å². The van der Waals surface area contributed by atoms with E-state index < -0.39 is 11.7 Å². The van der Waals surface area contributed by atoms with Crippen molar-refractivity contribution >= 4 is 29.2 Å². The third-order valence-corrected chi connectivity index (χ3v) is 5.59. The fourth-order valence-electron chi connectivity index (χ4n) is 3.62. The summed E-state index contributed by atoms with van der Waals surface area (Å²) >= 11 is 5.95. The van der Waals surface area contributed by atoms with Crippen LogP contribution in [0.3, 0.4) is 0 Å². The molecule has 0 unspecified atom stereocenters. The Balaban J connectivity index is 1.54. The number of benzene rings is 2. The van der Waals surface area contributed by atoms with Crippen LogP contribution < -0.4 is 15.0 Å². The van der Waals surface area contributed by atoms with Crippen LogP contribution in [0.15, 0.2) is 42.5 Å². The van der Waals surface area contributed by atoms with Crippen molar-refractivity contribution in [3.05, 3.63) is 64.4 Å². The van der Waals surface area contributed by atoms with Gasteiger partial charge in [-0.3, -0.25) is 14.5 Å². The van der Waals surface area contributed by atoms with Gasteiger partial charge in [-0.2, -0.15) is 5.26 Å². The van der Waals surface area contributed by atoms with Crippen molar-refractivity contribution < 1.29 is 28.4 Å². The molecule has 0 saturated carbocycles. The number of hydrogen-bond donors (Lipinski definition) is 2. The van der Waals surface area contributed by atoms with Gasteiger partial charge in [0.2, 0.25) is 6.61 Å². The summed E-state index contributed by atoms with van der Waals surface area (Å²) in [6, 6.07) is 11.8. The number of nitrogens with one attached hydrogen (secondary N) is 2. The minimum Gasteiger partial charge on any atom is -0.479 e. The van der Waals surface area contributed by atoms with Crippen LogP contribution in [-0.4, -0.2) is 43.8 Å². The molecule has 3 rings (SSSR count). The summed E-state index contributed by atoms with van der Waals surface area (Å²) in [6.45, 7) is 0.553. The largest absolute Gasteiger partial charge is 0.479 e. The Morgan fingerprint density at radius 1 is 1.16 bits per heavy atom. The number of carbonyl (C=O) groups is 3. The Kier molecular flexibility index (Phi) is 7.92. The second-order valence-electron chi connectivity index (χ2n) is 7.44. The Hall–Kier alpha value is -3.28. The highest BCUT2D eigenvalue weighted by atomic mass is 35.5. The molecule has 1 fully saturated rings. The molecule has 2 aromatic rings. The fourth-order valence-corrected chi connectivity index (χ4v) is 3.80. The second-order valence-corrected chi connectivity index (χ2v) is 7.88. The van der Waals surface area contributed by atoms with E-state index in [1.807, 2.05) is 6.07 Å². The number of piperidine rings is 1. The van der Waals surface area contributed by atoms with Gasteiger partial charge in [0.25, 0.3) is 5.91 Å². The number of carbonyl (C=O) groups excluding carboxylic acids is 3. The summed E-state index contributed by atoms with van der Waals surface area (Å²) in [5.74, 6) is -1.15. The van der Waals surface area contributed by atoms with Crippen molar-refractivity contribution in [1.82, 2.24) is 5.32 Å². The number of likely N-dealkylation sites (tertiary alicyclic amines) is 1. The lowest BCUT2D eigenvalue weighted by Crippen LogP contribution is -3.16. The summed E-state index contributed by atoms with van der Waals surface area (Å²) in [5, 5.41) is 11.4.